The molecule has 3 N–H and O–H groups in total. The van der Waals surface area contributed by atoms with Gasteiger partial charge in [0, 0.05) is 23.9 Å². The topological polar surface area (TPSA) is 89.3 Å². The Morgan fingerprint density at radius 2 is 2.11 bits per heavy atom. The second-order valence-corrected chi connectivity index (χ2v) is 7.26. The normalized spacial score (nSPS) is 17.6. The first-order valence-corrected chi connectivity index (χ1v) is 8.07. The summed E-state index contributed by atoms with van der Waals surface area (Å²) in [5.74, 6) is -0.173. The van der Waals surface area contributed by atoms with Crippen molar-refractivity contribution in [2.75, 3.05) is 11.6 Å². The predicted octanol–water partition coefficient (Wildman–Crippen LogP) is 1.30. The molecule has 1 saturated carbocycles. The third kappa shape index (κ3) is 3.54. The third-order valence-corrected chi connectivity index (χ3v) is 4.52. The number of nitrogens with two attached hydrogens (primary N) is 1. The summed E-state index contributed by atoms with van der Waals surface area (Å²) >= 11 is 0. The zero-order valence-corrected chi connectivity index (χ0v) is 11.7. The zero-order valence-electron chi connectivity index (χ0n) is 10.8. The molecule has 0 heterocycles. The van der Waals surface area contributed by atoms with Gasteiger partial charge in [-0.1, -0.05) is 6.07 Å². The molecule has 1 amide bonds. The van der Waals surface area contributed by atoms with Gasteiger partial charge in [0.2, 0.25) is 5.91 Å². The SMILES string of the molecule is CS(=O)(=O)c1cccc(NC(=O)CC2(N)CCC2)c1. The molecule has 0 bridgehead atoms. The van der Waals surface area contributed by atoms with Gasteiger partial charge in [-0.25, -0.2) is 8.42 Å². The van der Waals surface area contributed by atoms with Crippen LogP contribution in [0.2, 0.25) is 0 Å². The lowest BCUT2D eigenvalue weighted by Gasteiger charge is -2.37. The van der Waals surface area contributed by atoms with Gasteiger partial charge in [0.1, 0.15) is 0 Å². The minimum Gasteiger partial charge on any atom is -0.326 e. The van der Waals surface area contributed by atoms with Crippen molar-refractivity contribution >= 4 is 21.4 Å². The lowest BCUT2D eigenvalue weighted by Crippen LogP contribution is -2.48. The summed E-state index contributed by atoms with van der Waals surface area (Å²) in [5.41, 5.74) is 6.11. The number of sulfone groups is 1. The van der Waals surface area contributed by atoms with Crippen LogP contribution < -0.4 is 11.1 Å². The largest absolute Gasteiger partial charge is 0.326 e. The maximum absolute atomic E-state index is 11.8. The van der Waals surface area contributed by atoms with Crippen LogP contribution in [-0.2, 0) is 14.6 Å². The molecule has 0 atom stereocenters. The minimum atomic E-state index is -3.27. The van der Waals surface area contributed by atoms with Crippen LogP contribution in [0.3, 0.4) is 0 Å². The molecular weight excluding hydrogens is 264 g/mol. The summed E-state index contributed by atoms with van der Waals surface area (Å²) in [6.07, 6.45) is 4.20. The number of nitrogens with one attached hydrogen (secondary N) is 1. The van der Waals surface area contributed by atoms with Crippen molar-refractivity contribution in [3.63, 3.8) is 0 Å². The summed E-state index contributed by atoms with van der Waals surface area (Å²) in [7, 11) is -3.27. The van der Waals surface area contributed by atoms with E-state index >= 15 is 0 Å². The summed E-state index contributed by atoms with van der Waals surface area (Å²) < 4.78 is 22.8. The quantitative estimate of drug-likeness (QED) is 0.871. The number of anilines is 1. The van der Waals surface area contributed by atoms with Gasteiger partial charge >= 0.3 is 0 Å². The summed E-state index contributed by atoms with van der Waals surface area (Å²) in [6.45, 7) is 0. The molecule has 1 aliphatic carbocycles. The molecule has 5 nitrogen and oxygen atoms in total. The molecule has 104 valence electrons. The zero-order chi connectivity index (χ0) is 14.1. The van der Waals surface area contributed by atoms with Gasteiger partial charge in [-0.3, -0.25) is 4.79 Å². The second-order valence-electron chi connectivity index (χ2n) is 5.24. The number of rotatable bonds is 4. The Hall–Kier alpha value is -1.40. The fourth-order valence-corrected chi connectivity index (χ4v) is 2.80. The van der Waals surface area contributed by atoms with E-state index in [1.807, 2.05) is 0 Å². The van der Waals surface area contributed by atoms with Crippen molar-refractivity contribution in [2.45, 2.75) is 36.1 Å². The molecule has 0 spiro atoms. The predicted molar refractivity (Wildman–Crippen MR) is 73.6 cm³/mol. The Balaban J connectivity index is 2.05. The van der Waals surface area contributed by atoms with Crippen LogP contribution in [0.5, 0.6) is 0 Å². The fraction of sp³-hybridized carbons (Fsp3) is 0.462. The molecule has 0 aromatic heterocycles. The van der Waals surface area contributed by atoms with Crippen molar-refractivity contribution in [1.29, 1.82) is 0 Å². The van der Waals surface area contributed by atoms with Crippen molar-refractivity contribution in [2.24, 2.45) is 5.73 Å². The number of carbonyl (C=O) groups is 1. The molecule has 19 heavy (non-hydrogen) atoms. The van der Waals surface area contributed by atoms with E-state index in [0.717, 1.165) is 25.5 Å². The van der Waals surface area contributed by atoms with E-state index in [2.05, 4.69) is 5.32 Å². The van der Waals surface area contributed by atoms with Crippen LogP contribution in [0.4, 0.5) is 5.69 Å². The fourth-order valence-electron chi connectivity index (χ4n) is 2.14. The Morgan fingerprint density at radius 1 is 1.42 bits per heavy atom. The van der Waals surface area contributed by atoms with E-state index in [1.165, 1.54) is 12.1 Å². The molecule has 0 unspecified atom stereocenters. The van der Waals surface area contributed by atoms with Crippen LogP contribution in [0, 0.1) is 0 Å². The number of amides is 1. The molecule has 1 aliphatic rings. The average molecular weight is 282 g/mol. The molecule has 1 aromatic rings. The van der Waals surface area contributed by atoms with Crippen molar-refractivity contribution in [3.05, 3.63) is 24.3 Å². The highest BCUT2D eigenvalue weighted by atomic mass is 32.2. The molecular formula is C13H18N2O3S. The van der Waals surface area contributed by atoms with Crippen LogP contribution in [0.25, 0.3) is 0 Å². The maximum atomic E-state index is 11.8. The molecule has 0 aliphatic heterocycles. The van der Waals surface area contributed by atoms with Crippen molar-refractivity contribution < 1.29 is 13.2 Å². The molecule has 1 fully saturated rings. The summed E-state index contributed by atoms with van der Waals surface area (Å²) in [6, 6.07) is 6.22. The van der Waals surface area contributed by atoms with E-state index in [-0.39, 0.29) is 22.8 Å². The number of hydrogen-bond acceptors (Lipinski definition) is 4. The second kappa shape index (κ2) is 4.94. The highest BCUT2D eigenvalue weighted by Crippen LogP contribution is 2.32. The van der Waals surface area contributed by atoms with Gasteiger partial charge in [0.05, 0.1) is 4.90 Å². The maximum Gasteiger partial charge on any atom is 0.226 e. The summed E-state index contributed by atoms with van der Waals surface area (Å²) in [4.78, 5) is 12.0. The number of carbonyl (C=O) groups excluding carboxylic acids is 1. The first-order chi connectivity index (χ1) is 8.78. The number of hydrogen-bond donors (Lipinski definition) is 2. The number of benzene rings is 1. The highest BCUT2D eigenvalue weighted by molar-refractivity contribution is 7.90. The van der Waals surface area contributed by atoms with Crippen LogP contribution in [0.1, 0.15) is 25.7 Å². The van der Waals surface area contributed by atoms with Crippen LogP contribution >= 0.6 is 0 Å². The monoisotopic (exact) mass is 282 g/mol. The van der Waals surface area contributed by atoms with E-state index in [4.69, 9.17) is 5.73 Å². The first-order valence-electron chi connectivity index (χ1n) is 6.17. The molecule has 0 saturated heterocycles. The highest BCUT2D eigenvalue weighted by Gasteiger charge is 2.34. The Morgan fingerprint density at radius 3 is 2.63 bits per heavy atom. The van der Waals surface area contributed by atoms with Gasteiger partial charge in [-0.2, -0.15) is 0 Å². The lowest BCUT2D eigenvalue weighted by atomic mass is 9.75. The lowest BCUT2D eigenvalue weighted by molar-refractivity contribution is -0.118. The van der Waals surface area contributed by atoms with Gasteiger partial charge in [-0.15, -0.1) is 0 Å². The Bertz CT molecular complexity index is 592. The minimum absolute atomic E-state index is 0.173. The van der Waals surface area contributed by atoms with E-state index in [0.29, 0.717) is 5.69 Å². The smallest absolute Gasteiger partial charge is 0.226 e. The van der Waals surface area contributed by atoms with E-state index in [9.17, 15) is 13.2 Å². The van der Waals surface area contributed by atoms with Gasteiger partial charge in [0.25, 0.3) is 0 Å². The Kier molecular flexibility index (Phi) is 3.64. The standard InChI is InChI=1S/C13H18N2O3S/c1-19(17,18)11-5-2-4-10(8-11)15-12(16)9-13(14)6-3-7-13/h2,4-5,8H,3,6-7,9,14H2,1H3,(H,15,16). The molecule has 1 aromatic carbocycles. The van der Waals surface area contributed by atoms with Gasteiger partial charge in [0.15, 0.2) is 9.84 Å². The van der Waals surface area contributed by atoms with E-state index in [1.54, 1.807) is 12.1 Å². The van der Waals surface area contributed by atoms with Crippen LogP contribution in [-0.4, -0.2) is 26.1 Å². The van der Waals surface area contributed by atoms with Crippen LogP contribution in [0.15, 0.2) is 29.2 Å². The third-order valence-electron chi connectivity index (χ3n) is 3.41. The van der Waals surface area contributed by atoms with Crippen molar-refractivity contribution in [1.82, 2.24) is 0 Å². The average Bonchev–Trinajstić information content (AvgIpc) is 2.26. The van der Waals surface area contributed by atoms with E-state index < -0.39 is 9.84 Å². The molecule has 2 rings (SSSR count). The molecule has 0 radical (unpaired) electrons. The van der Waals surface area contributed by atoms with Gasteiger partial charge in [-0.05, 0) is 37.5 Å². The molecule has 6 heteroatoms. The summed E-state index contributed by atoms with van der Waals surface area (Å²) in [5, 5.41) is 2.70. The first kappa shape index (κ1) is 14.0. The Labute approximate surface area is 113 Å². The van der Waals surface area contributed by atoms with Gasteiger partial charge < -0.3 is 11.1 Å². The van der Waals surface area contributed by atoms with Crippen molar-refractivity contribution in [3.8, 4) is 0 Å².